The summed E-state index contributed by atoms with van der Waals surface area (Å²) >= 11 is 3.02. The first kappa shape index (κ1) is 46.8. The third-order valence-corrected chi connectivity index (χ3v) is 7.28. The van der Waals surface area contributed by atoms with Crippen LogP contribution in [0.2, 0.25) is 0 Å². The van der Waals surface area contributed by atoms with Gasteiger partial charge in [0, 0.05) is 25.2 Å². The molecule has 53 heavy (non-hydrogen) atoms. The number of ether oxygens (including phenoxy) is 5. The van der Waals surface area contributed by atoms with Gasteiger partial charge < -0.3 is 50.1 Å². The van der Waals surface area contributed by atoms with Crippen molar-refractivity contribution in [2.45, 2.75) is 91.4 Å². The van der Waals surface area contributed by atoms with Gasteiger partial charge in [0.25, 0.3) is 5.91 Å². The number of alkyl carbamates (subject to hydrolysis) is 1. The molecule has 4 amide bonds. The van der Waals surface area contributed by atoms with E-state index in [0.29, 0.717) is 5.56 Å². The highest BCUT2D eigenvalue weighted by molar-refractivity contribution is 9.12. The number of esters is 2. The van der Waals surface area contributed by atoms with E-state index in [2.05, 4.69) is 41.9 Å². The van der Waals surface area contributed by atoms with Gasteiger partial charge in [-0.1, -0.05) is 13.0 Å². The van der Waals surface area contributed by atoms with Crippen molar-refractivity contribution in [2.75, 3.05) is 51.9 Å². The van der Waals surface area contributed by atoms with Crippen LogP contribution in [-0.2, 0) is 54.1 Å². The molecule has 1 aromatic rings. The molecule has 1 rings (SSSR count). The third kappa shape index (κ3) is 22.5. The van der Waals surface area contributed by atoms with Gasteiger partial charge in [-0.05, 0) is 88.0 Å². The lowest BCUT2D eigenvalue weighted by molar-refractivity contribution is -0.159. The number of aromatic hydroxyl groups is 1. The highest BCUT2D eigenvalue weighted by Crippen LogP contribution is 2.26. The molecule has 0 aromatic heterocycles. The average Bonchev–Trinajstić information content (AvgIpc) is 3.03. The van der Waals surface area contributed by atoms with Gasteiger partial charge in [-0.2, -0.15) is 0 Å². The number of methoxy groups -OCH3 is 1. The second-order valence-electron chi connectivity index (χ2n) is 14.0. The smallest absolute Gasteiger partial charge is 0.407 e. The summed E-state index contributed by atoms with van der Waals surface area (Å²) in [5.41, 5.74) is -0.538. The van der Waals surface area contributed by atoms with Crippen molar-refractivity contribution in [3.8, 4) is 5.75 Å². The van der Waals surface area contributed by atoms with Crippen LogP contribution in [0.25, 0.3) is 0 Å². The normalized spacial score (nSPS) is 12.9. The maximum Gasteiger partial charge on any atom is 0.407 e. The van der Waals surface area contributed by atoms with E-state index in [4.69, 9.17) is 18.9 Å². The SMILES string of the molecule is COC(=O)CCNC(=O)/C(Br)=C\C(=O)NCCOCCOCCC(=O)Nc1cc(C[C@@H](CC(C)C(=O)OC(C)(C)C)NC(=O)OC(C)(C)C)ccc1O. The van der Waals surface area contributed by atoms with Crippen LogP contribution in [0.3, 0.4) is 0 Å². The molecule has 16 nitrogen and oxygen atoms in total. The number of rotatable bonds is 21. The molecule has 0 aliphatic carbocycles. The molecule has 0 spiro atoms. The quantitative estimate of drug-likeness (QED) is 0.0396. The van der Waals surface area contributed by atoms with Crippen LogP contribution < -0.4 is 21.3 Å². The molecule has 0 heterocycles. The van der Waals surface area contributed by atoms with Crippen LogP contribution >= 0.6 is 15.9 Å². The van der Waals surface area contributed by atoms with E-state index in [1.807, 2.05) is 0 Å². The van der Waals surface area contributed by atoms with Gasteiger partial charge in [-0.15, -0.1) is 0 Å². The predicted octanol–water partition coefficient (Wildman–Crippen LogP) is 3.63. The maximum atomic E-state index is 12.7. The first-order valence-corrected chi connectivity index (χ1v) is 18.0. The molecule has 5 N–H and O–H groups in total. The first-order valence-electron chi connectivity index (χ1n) is 17.2. The van der Waals surface area contributed by atoms with Crippen molar-refractivity contribution in [3.63, 3.8) is 0 Å². The Bertz CT molecular complexity index is 1420. The molecule has 1 unspecified atom stereocenters. The van der Waals surface area contributed by atoms with Crippen LogP contribution in [0.15, 0.2) is 28.8 Å². The number of amides is 4. The number of hydrogen-bond acceptors (Lipinski definition) is 12. The van der Waals surface area contributed by atoms with Crippen LogP contribution in [-0.4, -0.2) is 105 Å². The first-order chi connectivity index (χ1) is 24.7. The van der Waals surface area contributed by atoms with E-state index in [1.165, 1.54) is 13.2 Å². The minimum absolute atomic E-state index is 0.00291. The summed E-state index contributed by atoms with van der Waals surface area (Å²) < 4.78 is 26.3. The summed E-state index contributed by atoms with van der Waals surface area (Å²) in [7, 11) is 1.24. The van der Waals surface area contributed by atoms with Crippen molar-refractivity contribution in [1.29, 1.82) is 0 Å². The number of benzene rings is 1. The van der Waals surface area contributed by atoms with E-state index in [1.54, 1.807) is 60.6 Å². The second kappa shape index (κ2) is 23.4. The lowest BCUT2D eigenvalue weighted by Crippen LogP contribution is -2.42. The Hall–Kier alpha value is -4.22. The number of phenolic OH excluding ortho intramolecular Hbond substituents is 1. The van der Waals surface area contributed by atoms with Crippen LogP contribution in [0.5, 0.6) is 5.75 Å². The standard InChI is InChI=1S/C36H55BrN4O12/c1-23(33(47)52-35(2,3)4)19-25(40-34(48)53-36(5,6)7)20-24-9-10-28(42)27(21-24)41-29(43)12-15-50-17-18-51-16-14-38-30(44)22-26(37)32(46)39-13-11-31(45)49-8/h9-10,21-23,25,42H,11-20H2,1-8H3,(H,38,44)(H,39,46)(H,40,48)(H,41,43)/b26-22+/t23?,25-/m1/s1. The largest absolute Gasteiger partial charge is 0.506 e. The second-order valence-corrected chi connectivity index (χ2v) is 14.8. The van der Waals surface area contributed by atoms with Crippen LogP contribution in [0.1, 0.15) is 73.3 Å². The summed E-state index contributed by atoms with van der Waals surface area (Å²) in [6.07, 6.45) is 0.945. The molecule has 0 fully saturated rings. The van der Waals surface area contributed by atoms with Crippen LogP contribution in [0, 0.1) is 5.92 Å². The molecule has 0 bridgehead atoms. The van der Waals surface area contributed by atoms with Gasteiger partial charge >= 0.3 is 18.0 Å². The van der Waals surface area contributed by atoms with E-state index < -0.39 is 58.9 Å². The topological polar surface area (TPSA) is 217 Å². The van der Waals surface area contributed by atoms with Gasteiger partial charge in [-0.3, -0.25) is 24.0 Å². The van der Waals surface area contributed by atoms with Crippen LogP contribution in [0.4, 0.5) is 10.5 Å². The number of hydrogen-bond donors (Lipinski definition) is 5. The zero-order valence-electron chi connectivity index (χ0n) is 31.9. The zero-order valence-corrected chi connectivity index (χ0v) is 33.4. The molecule has 17 heteroatoms. The summed E-state index contributed by atoms with van der Waals surface area (Å²) in [5, 5.41) is 20.9. The van der Waals surface area contributed by atoms with Gasteiger partial charge in [0.1, 0.15) is 17.0 Å². The summed E-state index contributed by atoms with van der Waals surface area (Å²) in [4.78, 5) is 72.9. The summed E-state index contributed by atoms with van der Waals surface area (Å²) in [6.45, 7) is 13.2. The number of halogens is 1. The summed E-state index contributed by atoms with van der Waals surface area (Å²) in [5.74, 6) is -3.04. The average molecular weight is 816 g/mol. The lowest BCUT2D eigenvalue weighted by atomic mass is 9.95. The molecular weight excluding hydrogens is 760 g/mol. The number of anilines is 1. The molecule has 1 aromatic carbocycles. The van der Waals surface area contributed by atoms with E-state index in [-0.39, 0.29) is 81.1 Å². The van der Waals surface area contributed by atoms with Crippen molar-refractivity contribution in [1.82, 2.24) is 16.0 Å². The molecule has 0 aliphatic heterocycles. The fourth-order valence-corrected chi connectivity index (χ4v) is 4.68. The number of carbonyl (C=O) groups excluding carboxylic acids is 6. The monoisotopic (exact) mass is 814 g/mol. The number of carbonyl (C=O) groups is 6. The van der Waals surface area contributed by atoms with Gasteiger partial charge in [0.15, 0.2) is 0 Å². The van der Waals surface area contributed by atoms with Crippen molar-refractivity contribution in [2.24, 2.45) is 5.92 Å². The molecule has 0 radical (unpaired) electrons. The van der Waals surface area contributed by atoms with E-state index >= 15 is 0 Å². The summed E-state index contributed by atoms with van der Waals surface area (Å²) in [6, 6.07) is 4.16. The minimum atomic E-state index is -0.729. The van der Waals surface area contributed by atoms with Gasteiger partial charge in [0.05, 0.1) is 62.5 Å². The molecule has 0 saturated heterocycles. The highest BCUT2D eigenvalue weighted by atomic mass is 79.9. The molecule has 2 atom stereocenters. The fourth-order valence-electron chi connectivity index (χ4n) is 4.33. The Labute approximate surface area is 319 Å². The van der Waals surface area contributed by atoms with Gasteiger partial charge in [-0.25, -0.2) is 4.79 Å². The van der Waals surface area contributed by atoms with E-state index in [9.17, 15) is 33.9 Å². The zero-order chi connectivity index (χ0) is 40.2. The highest BCUT2D eigenvalue weighted by Gasteiger charge is 2.27. The molecule has 298 valence electrons. The number of phenols is 1. The minimum Gasteiger partial charge on any atom is -0.506 e. The third-order valence-electron chi connectivity index (χ3n) is 6.69. The predicted molar refractivity (Wildman–Crippen MR) is 199 cm³/mol. The Morgan fingerprint density at radius 1 is 0.868 bits per heavy atom. The Morgan fingerprint density at radius 2 is 1.51 bits per heavy atom. The van der Waals surface area contributed by atoms with E-state index in [0.717, 1.165) is 6.08 Å². The number of nitrogens with one attached hydrogen (secondary N) is 4. The van der Waals surface area contributed by atoms with Crippen molar-refractivity contribution in [3.05, 3.63) is 34.3 Å². The van der Waals surface area contributed by atoms with Gasteiger partial charge in [0.2, 0.25) is 11.8 Å². The Kier molecular flexibility index (Phi) is 20.7. The molecule has 0 saturated carbocycles. The Morgan fingerprint density at radius 3 is 2.13 bits per heavy atom. The van der Waals surface area contributed by atoms with Crippen molar-refractivity contribution >= 4 is 57.4 Å². The molecule has 0 aliphatic rings. The molecular formula is C36H55BrN4O12. The maximum absolute atomic E-state index is 12.7. The van der Waals surface area contributed by atoms with Crippen molar-refractivity contribution < 1.29 is 57.6 Å². The fraction of sp³-hybridized carbons (Fsp3) is 0.611. The lowest BCUT2D eigenvalue weighted by Gasteiger charge is -2.27. The Balaban J connectivity index is 2.53.